The summed E-state index contributed by atoms with van der Waals surface area (Å²) in [5, 5.41) is 3.92. The lowest BCUT2D eigenvalue weighted by Crippen LogP contribution is -2.45. The molecule has 1 fully saturated rings. The maximum Gasteiger partial charge on any atom is 0.239 e. The van der Waals surface area contributed by atoms with Gasteiger partial charge in [-0.25, -0.2) is 0 Å². The Morgan fingerprint density at radius 3 is 3.00 bits per heavy atom. The van der Waals surface area contributed by atoms with E-state index in [-0.39, 0.29) is 11.9 Å². The van der Waals surface area contributed by atoms with Gasteiger partial charge >= 0.3 is 0 Å². The van der Waals surface area contributed by atoms with Crippen LogP contribution in [0.2, 0.25) is 5.02 Å². The fourth-order valence-electron chi connectivity index (χ4n) is 2.47. The largest absolute Gasteiger partial charge is 0.490 e. The predicted octanol–water partition coefficient (Wildman–Crippen LogP) is 2.71. The first kappa shape index (κ1) is 16.1. The van der Waals surface area contributed by atoms with Crippen molar-refractivity contribution in [3.63, 3.8) is 0 Å². The Balaban J connectivity index is 1.77. The highest BCUT2D eigenvalue weighted by molar-refractivity contribution is 6.32. The summed E-state index contributed by atoms with van der Waals surface area (Å²) >= 11 is 6.03. The van der Waals surface area contributed by atoms with E-state index in [1.165, 1.54) is 6.42 Å². The maximum atomic E-state index is 12.3. The molecule has 5 heteroatoms. The van der Waals surface area contributed by atoms with Crippen LogP contribution in [0.3, 0.4) is 0 Å². The van der Waals surface area contributed by atoms with Crippen molar-refractivity contribution in [1.29, 1.82) is 0 Å². The quantitative estimate of drug-likeness (QED) is 0.909. The number of amides is 1. The molecule has 21 heavy (non-hydrogen) atoms. The van der Waals surface area contributed by atoms with Crippen LogP contribution >= 0.6 is 11.6 Å². The summed E-state index contributed by atoms with van der Waals surface area (Å²) < 4.78 is 5.62. The van der Waals surface area contributed by atoms with Gasteiger partial charge in [-0.15, -0.1) is 0 Å². The molecule has 2 rings (SSSR count). The zero-order valence-corrected chi connectivity index (χ0v) is 13.2. The summed E-state index contributed by atoms with van der Waals surface area (Å²) in [5.74, 6) is 0.812. The zero-order valence-electron chi connectivity index (χ0n) is 12.5. The summed E-state index contributed by atoms with van der Waals surface area (Å²) in [6.45, 7) is 1.93. The highest BCUT2D eigenvalue weighted by Gasteiger charge is 2.22. The van der Waals surface area contributed by atoms with Crippen molar-refractivity contribution in [2.75, 3.05) is 26.7 Å². The van der Waals surface area contributed by atoms with Crippen molar-refractivity contribution in [2.45, 2.75) is 31.7 Å². The zero-order chi connectivity index (χ0) is 15.1. The Kier molecular flexibility index (Phi) is 6.33. The summed E-state index contributed by atoms with van der Waals surface area (Å²) in [5.41, 5.74) is 0. The van der Waals surface area contributed by atoms with E-state index in [1.807, 2.05) is 25.2 Å². The number of ether oxygens (including phenoxy) is 1. The average molecular weight is 311 g/mol. The number of nitrogens with zero attached hydrogens (tertiary/aromatic N) is 1. The van der Waals surface area contributed by atoms with Crippen LogP contribution in [0.5, 0.6) is 5.75 Å². The molecule has 1 aliphatic rings. The minimum absolute atomic E-state index is 0.0437. The molecule has 1 atom stereocenters. The van der Waals surface area contributed by atoms with E-state index in [2.05, 4.69) is 5.32 Å². The van der Waals surface area contributed by atoms with Crippen molar-refractivity contribution in [3.05, 3.63) is 29.3 Å². The third kappa shape index (κ3) is 4.90. The van der Waals surface area contributed by atoms with Crippen LogP contribution < -0.4 is 10.1 Å². The molecule has 1 aromatic rings. The molecule has 1 unspecified atom stereocenters. The normalized spacial score (nSPS) is 18.9. The Bertz CT molecular complexity index is 459. The van der Waals surface area contributed by atoms with Gasteiger partial charge in [-0.3, -0.25) is 4.79 Å². The summed E-state index contributed by atoms with van der Waals surface area (Å²) in [4.78, 5) is 14.1. The second-order valence-electron chi connectivity index (χ2n) is 5.39. The van der Waals surface area contributed by atoms with Crippen molar-refractivity contribution in [1.82, 2.24) is 10.2 Å². The monoisotopic (exact) mass is 310 g/mol. The molecule has 116 valence electrons. The van der Waals surface area contributed by atoms with E-state index >= 15 is 0 Å². The molecule has 1 saturated heterocycles. The average Bonchev–Trinajstić information content (AvgIpc) is 2.77. The van der Waals surface area contributed by atoms with E-state index in [9.17, 15) is 4.79 Å². The molecule has 0 radical (unpaired) electrons. The van der Waals surface area contributed by atoms with Crippen molar-refractivity contribution < 1.29 is 9.53 Å². The number of nitrogens with one attached hydrogen (secondary N) is 1. The van der Waals surface area contributed by atoms with Crippen LogP contribution in [-0.4, -0.2) is 43.6 Å². The number of likely N-dealkylation sites (N-methyl/N-ethyl adjacent to an activating group) is 1. The fraction of sp³-hybridized carbons (Fsp3) is 0.562. The first-order chi connectivity index (χ1) is 10.2. The molecule has 1 heterocycles. The van der Waals surface area contributed by atoms with Gasteiger partial charge in [0.1, 0.15) is 12.4 Å². The van der Waals surface area contributed by atoms with Gasteiger partial charge in [-0.05, 0) is 31.5 Å². The van der Waals surface area contributed by atoms with Gasteiger partial charge in [-0.1, -0.05) is 36.6 Å². The number of carbonyl (C=O) groups is 1. The molecule has 1 aliphatic heterocycles. The molecular formula is C16H23ClN2O2. The number of benzene rings is 1. The van der Waals surface area contributed by atoms with Gasteiger partial charge in [0.05, 0.1) is 17.6 Å². The number of para-hydroxylation sites is 1. The first-order valence-corrected chi connectivity index (χ1v) is 7.92. The van der Waals surface area contributed by atoms with Crippen LogP contribution in [0.4, 0.5) is 0 Å². The number of hydrogen-bond donors (Lipinski definition) is 1. The Morgan fingerprint density at radius 2 is 2.19 bits per heavy atom. The second kappa shape index (κ2) is 8.25. The first-order valence-electron chi connectivity index (χ1n) is 7.54. The lowest BCUT2D eigenvalue weighted by Gasteiger charge is -2.23. The lowest BCUT2D eigenvalue weighted by molar-refractivity contribution is -0.132. The van der Waals surface area contributed by atoms with Crippen molar-refractivity contribution >= 4 is 17.5 Å². The van der Waals surface area contributed by atoms with E-state index in [0.29, 0.717) is 23.9 Å². The van der Waals surface area contributed by atoms with Crippen LogP contribution in [-0.2, 0) is 4.79 Å². The van der Waals surface area contributed by atoms with Crippen LogP contribution in [0.25, 0.3) is 0 Å². The smallest absolute Gasteiger partial charge is 0.239 e. The Hall–Kier alpha value is -1.26. The fourth-order valence-corrected chi connectivity index (χ4v) is 2.66. The molecule has 1 amide bonds. The van der Waals surface area contributed by atoms with Gasteiger partial charge in [0, 0.05) is 7.05 Å². The molecule has 0 saturated carbocycles. The number of carbonyl (C=O) groups excluding carboxylic acids is 1. The molecule has 0 aromatic heterocycles. The topological polar surface area (TPSA) is 41.6 Å². The second-order valence-corrected chi connectivity index (χ2v) is 5.80. The minimum Gasteiger partial charge on any atom is -0.490 e. The van der Waals surface area contributed by atoms with Crippen LogP contribution in [0.1, 0.15) is 25.7 Å². The number of hydrogen-bond acceptors (Lipinski definition) is 3. The molecule has 4 nitrogen and oxygen atoms in total. The molecule has 1 N–H and O–H groups in total. The molecular weight excluding hydrogens is 288 g/mol. The number of halogens is 1. The minimum atomic E-state index is -0.0437. The van der Waals surface area contributed by atoms with Gasteiger partial charge in [0.15, 0.2) is 0 Å². The highest BCUT2D eigenvalue weighted by Crippen LogP contribution is 2.22. The Morgan fingerprint density at radius 1 is 1.38 bits per heavy atom. The predicted molar refractivity (Wildman–Crippen MR) is 84.8 cm³/mol. The van der Waals surface area contributed by atoms with Gasteiger partial charge < -0.3 is 15.0 Å². The van der Waals surface area contributed by atoms with Crippen LogP contribution in [0, 0.1) is 0 Å². The summed E-state index contributed by atoms with van der Waals surface area (Å²) in [7, 11) is 1.82. The van der Waals surface area contributed by atoms with Gasteiger partial charge in [0.2, 0.25) is 5.91 Å². The van der Waals surface area contributed by atoms with Crippen molar-refractivity contribution in [3.8, 4) is 5.75 Å². The number of rotatable bonds is 5. The summed E-state index contributed by atoms with van der Waals surface area (Å²) in [6.07, 6.45) is 4.40. The molecule has 0 spiro atoms. The van der Waals surface area contributed by atoms with E-state index < -0.39 is 0 Å². The Labute approximate surface area is 131 Å². The standard InChI is InChI=1S/C16H23ClN2O2/c1-19(16(20)14-8-3-2-6-10-18-14)11-12-21-15-9-5-4-7-13(15)17/h4-5,7,9,14,18H,2-3,6,8,10-12H2,1H3. The van der Waals surface area contributed by atoms with E-state index in [0.717, 1.165) is 25.8 Å². The third-order valence-electron chi connectivity index (χ3n) is 3.76. The van der Waals surface area contributed by atoms with Gasteiger partial charge in [-0.2, -0.15) is 0 Å². The van der Waals surface area contributed by atoms with Crippen LogP contribution in [0.15, 0.2) is 24.3 Å². The van der Waals surface area contributed by atoms with E-state index in [1.54, 1.807) is 11.0 Å². The third-order valence-corrected chi connectivity index (χ3v) is 4.07. The van der Waals surface area contributed by atoms with Crippen molar-refractivity contribution in [2.24, 2.45) is 0 Å². The molecule has 1 aromatic carbocycles. The van der Waals surface area contributed by atoms with E-state index in [4.69, 9.17) is 16.3 Å². The summed E-state index contributed by atoms with van der Waals surface area (Å²) in [6, 6.07) is 7.32. The maximum absolute atomic E-state index is 12.3. The molecule has 0 bridgehead atoms. The van der Waals surface area contributed by atoms with Gasteiger partial charge in [0.25, 0.3) is 0 Å². The molecule has 0 aliphatic carbocycles. The SMILES string of the molecule is CN(CCOc1ccccc1Cl)C(=O)C1CCCCCN1. The lowest BCUT2D eigenvalue weighted by atomic mass is 10.1. The highest BCUT2D eigenvalue weighted by atomic mass is 35.5.